The molecule has 0 aliphatic carbocycles. The summed E-state index contributed by atoms with van der Waals surface area (Å²) >= 11 is 10.1. The van der Waals surface area contributed by atoms with Crippen molar-refractivity contribution < 1.29 is 9.05 Å². The predicted molar refractivity (Wildman–Crippen MR) is 102 cm³/mol. The van der Waals surface area contributed by atoms with E-state index in [9.17, 15) is 0 Å². The predicted octanol–water partition coefficient (Wildman–Crippen LogP) is 6.60. The molecule has 5 heteroatoms. The lowest BCUT2D eigenvalue weighted by Gasteiger charge is -2.39. The summed E-state index contributed by atoms with van der Waals surface area (Å²) in [7, 11) is 0. The first-order valence-electron chi connectivity index (χ1n) is 7.57. The maximum Gasteiger partial charge on any atom is 0.245 e. The zero-order chi connectivity index (χ0) is 17.3. The number of thiol groups is 1. The lowest BCUT2D eigenvalue weighted by molar-refractivity contribution is 0.0214. The minimum atomic E-state index is -2.58. The average Bonchev–Trinajstić information content (AvgIpc) is 1.83. The fraction of sp³-hybridized carbons (Fsp3) is 1.00. The first-order chi connectivity index (χ1) is 8.83. The van der Waals surface area contributed by atoms with Crippen molar-refractivity contribution in [3.63, 3.8) is 0 Å². The van der Waals surface area contributed by atoms with Crippen LogP contribution in [0.5, 0.6) is 0 Å². The molecule has 0 rings (SSSR count). The first kappa shape index (κ1) is 21.9. The van der Waals surface area contributed by atoms with E-state index in [0.717, 1.165) is 12.8 Å². The molecule has 128 valence electrons. The SMILES string of the molecule is CC(C)(C)CC(C)(C)OP(=S)(S)OC(C)(C)CC(C)(C)C. The summed E-state index contributed by atoms with van der Waals surface area (Å²) in [4.78, 5) is 0. The van der Waals surface area contributed by atoms with Gasteiger partial charge in [-0.2, -0.15) is 0 Å². The van der Waals surface area contributed by atoms with Crippen LogP contribution >= 0.6 is 17.9 Å². The molecule has 0 saturated carbocycles. The van der Waals surface area contributed by atoms with E-state index in [1.54, 1.807) is 0 Å². The van der Waals surface area contributed by atoms with Gasteiger partial charge in [0, 0.05) is 0 Å². The third-order valence-electron chi connectivity index (χ3n) is 2.64. The molecular formula is C16H35O2PS2. The van der Waals surface area contributed by atoms with Gasteiger partial charge < -0.3 is 9.05 Å². The van der Waals surface area contributed by atoms with Gasteiger partial charge >= 0.3 is 0 Å². The van der Waals surface area contributed by atoms with Crippen LogP contribution in [-0.4, -0.2) is 11.2 Å². The number of hydrogen-bond acceptors (Lipinski definition) is 3. The fourth-order valence-corrected chi connectivity index (χ4v) is 7.21. The Labute approximate surface area is 143 Å². The molecule has 0 saturated heterocycles. The standard InChI is InChI=1S/C16H35O2PS2/c1-13(2,3)11-15(7,8)17-19(20,21)18-16(9,10)12-14(4,5)6/h11-12H2,1-10H3,(H,20,21). The molecule has 0 unspecified atom stereocenters. The van der Waals surface area contributed by atoms with Gasteiger partial charge in [-0.1, -0.05) is 53.8 Å². The maximum absolute atomic E-state index is 6.12. The smallest absolute Gasteiger partial charge is 0.245 e. The van der Waals surface area contributed by atoms with Crippen LogP contribution in [0.3, 0.4) is 0 Å². The van der Waals surface area contributed by atoms with Crippen molar-refractivity contribution in [1.29, 1.82) is 0 Å². The zero-order valence-corrected chi connectivity index (χ0v) is 18.1. The maximum atomic E-state index is 6.12. The summed E-state index contributed by atoms with van der Waals surface area (Å²) in [6.07, 6.45) is 1.81. The Morgan fingerprint density at radius 1 is 0.714 bits per heavy atom. The Morgan fingerprint density at radius 3 is 1.14 bits per heavy atom. The Bertz CT molecular complexity index is 356. The number of hydrogen-bond donors (Lipinski definition) is 1. The van der Waals surface area contributed by atoms with Gasteiger partial charge in [0.2, 0.25) is 5.69 Å². The second kappa shape index (κ2) is 6.81. The van der Waals surface area contributed by atoms with Crippen LogP contribution in [0.25, 0.3) is 0 Å². The van der Waals surface area contributed by atoms with Crippen LogP contribution in [0, 0.1) is 10.8 Å². The van der Waals surface area contributed by atoms with Gasteiger partial charge in [0.05, 0.1) is 11.2 Å². The molecule has 0 aliphatic rings. The Morgan fingerprint density at radius 2 is 0.952 bits per heavy atom. The van der Waals surface area contributed by atoms with Crippen molar-refractivity contribution in [3.8, 4) is 0 Å². The van der Waals surface area contributed by atoms with Crippen LogP contribution in [0.2, 0.25) is 0 Å². The zero-order valence-electron chi connectivity index (χ0n) is 15.5. The molecule has 0 aromatic carbocycles. The highest BCUT2D eigenvalue weighted by atomic mass is 32.9. The first-order valence-corrected chi connectivity index (χ1v) is 11.4. The molecule has 21 heavy (non-hydrogen) atoms. The van der Waals surface area contributed by atoms with Crippen LogP contribution in [0.15, 0.2) is 0 Å². The Kier molecular flexibility index (Phi) is 7.11. The summed E-state index contributed by atoms with van der Waals surface area (Å²) in [5, 5.41) is 0. The summed E-state index contributed by atoms with van der Waals surface area (Å²) < 4.78 is 12.2. The molecule has 0 spiro atoms. The van der Waals surface area contributed by atoms with E-state index in [1.807, 2.05) is 0 Å². The van der Waals surface area contributed by atoms with Crippen molar-refractivity contribution in [2.75, 3.05) is 0 Å². The molecule has 0 aromatic heterocycles. The van der Waals surface area contributed by atoms with Crippen molar-refractivity contribution in [2.45, 2.75) is 93.3 Å². The monoisotopic (exact) mass is 354 g/mol. The number of rotatable bonds is 6. The summed E-state index contributed by atoms with van der Waals surface area (Å²) in [5.41, 5.74) is -2.91. The molecule has 0 aliphatic heterocycles. The van der Waals surface area contributed by atoms with Crippen molar-refractivity contribution in [3.05, 3.63) is 0 Å². The highest BCUT2D eigenvalue weighted by Gasteiger charge is 2.36. The fourth-order valence-electron chi connectivity index (χ4n) is 3.26. The molecule has 0 N–H and O–H groups in total. The molecule has 0 atom stereocenters. The van der Waals surface area contributed by atoms with Gasteiger partial charge in [0.1, 0.15) is 0 Å². The van der Waals surface area contributed by atoms with Crippen LogP contribution in [0.4, 0.5) is 0 Å². The molecule has 0 aromatic rings. The second-order valence-electron chi connectivity index (χ2n) is 9.65. The quantitative estimate of drug-likeness (QED) is 0.428. The van der Waals surface area contributed by atoms with Crippen molar-refractivity contribution >= 4 is 29.7 Å². The topological polar surface area (TPSA) is 18.5 Å². The summed E-state index contributed by atoms with van der Waals surface area (Å²) in [6.45, 7) is 21.5. The molecule has 0 heterocycles. The molecule has 0 amide bonds. The van der Waals surface area contributed by atoms with E-state index in [-0.39, 0.29) is 22.0 Å². The lowest BCUT2D eigenvalue weighted by atomic mass is 9.84. The minimum absolute atomic E-state index is 0.174. The Hall–Kier alpha value is 0.920. The third-order valence-corrected chi connectivity index (χ3v) is 5.02. The molecule has 0 radical (unpaired) electrons. The molecule has 0 bridgehead atoms. The summed E-state index contributed by atoms with van der Waals surface area (Å²) in [6, 6.07) is 0. The van der Waals surface area contributed by atoms with E-state index >= 15 is 0 Å². The largest absolute Gasteiger partial charge is 0.316 e. The van der Waals surface area contributed by atoms with E-state index in [2.05, 4.69) is 81.5 Å². The van der Waals surface area contributed by atoms with E-state index in [1.165, 1.54) is 0 Å². The second-order valence-corrected chi connectivity index (χ2v) is 14.8. The van der Waals surface area contributed by atoms with Gasteiger partial charge in [0.15, 0.2) is 0 Å². The highest BCUT2D eigenvalue weighted by Crippen LogP contribution is 2.60. The van der Waals surface area contributed by atoms with E-state index in [4.69, 9.17) is 20.9 Å². The van der Waals surface area contributed by atoms with Gasteiger partial charge in [-0.25, -0.2) is 0 Å². The van der Waals surface area contributed by atoms with Crippen molar-refractivity contribution in [1.82, 2.24) is 0 Å². The average molecular weight is 355 g/mol. The van der Waals surface area contributed by atoms with Crippen LogP contribution in [0.1, 0.15) is 82.1 Å². The van der Waals surface area contributed by atoms with Gasteiger partial charge in [-0.3, -0.25) is 0 Å². The van der Waals surface area contributed by atoms with Gasteiger partial charge in [-0.15, -0.1) is 0 Å². The summed E-state index contributed by atoms with van der Waals surface area (Å²) in [5.74, 6) is 0. The third kappa shape index (κ3) is 12.1. The Balaban J connectivity index is 4.88. The van der Waals surface area contributed by atoms with E-state index in [0.29, 0.717) is 0 Å². The minimum Gasteiger partial charge on any atom is -0.316 e. The van der Waals surface area contributed by atoms with Crippen molar-refractivity contribution in [2.24, 2.45) is 10.8 Å². The van der Waals surface area contributed by atoms with E-state index < -0.39 is 5.69 Å². The van der Waals surface area contributed by atoms with Crippen LogP contribution < -0.4 is 0 Å². The highest BCUT2D eigenvalue weighted by molar-refractivity contribution is 8.60. The normalized spacial score (nSPS) is 15.4. The molecular weight excluding hydrogens is 319 g/mol. The molecule has 0 fully saturated rings. The van der Waals surface area contributed by atoms with Gasteiger partial charge in [-0.05, 0) is 63.2 Å². The van der Waals surface area contributed by atoms with Crippen LogP contribution in [-0.2, 0) is 20.9 Å². The lowest BCUT2D eigenvalue weighted by Crippen LogP contribution is -2.32. The van der Waals surface area contributed by atoms with Gasteiger partial charge in [0.25, 0.3) is 0 Å². The molecule has 2 nitrogen and oxygen atoms in total.